The maximum atomic E-state index is 13.9. The summed E-state index contributed by atoms with van der Waals surface area (Å²) in [5.41, 5.74) is 1.21. The predicted molar refractivity (Wildman–Crippen MR) is 82.6 cm³/mol. The molecule has 0 saturated heterocycles. The van der Waals surface area contributed by atoms with Crippen molar-refractivity contribution < 1.29 is 14.3 Å². The number of carbonyl (C=O) groups is 1. The zero-order valence-corrected chi connectivity index (χ0v) is 13.0. The zero-order valence-electron chi connectivity index (χ0n) is 12.2. The first kappa shape index (κ1) is 15.6. The van der Waals surface area contributed by atoms with E-state index in [2.05, 4.69) is 20.8 Å². The molecule has 2 aromatic carbocycles. The summed E-state index contributed by atoms with van der Waals surface area (Å²) >= 11 is 1.13. The van der Waals surface area contributed by atoms with Gasteiger partial charge in [-0.3, -0.25) is 0 Å². The van der Waals surface area contributed by atoms with Gasteiger partial charge in [-0.25, -0.2) is 9.18 Å². The third-order valence-electron chi connectivity index (χ3n) is 3.14. The Morgan fingerprint density at radius 3 is 2.24 bits per heavy atom. The molecule has 2 aromatic rings. The largest absolute Gasteiger partial charge is 0.478 e. The van der Waals surface area contributed by atoms with Crippen LogP contribution in [0.3, 0.4) is 0 Å². The Bertz CT molecular complexity index is 657. The molecule has 0 unspecified atom stereocenters. The van der Waals surface area contributed by atoms with Crippen LogP contribution in [-0.2, 0) is 5.41 Å². The smallest absolute Gasteiger partial charge is 0.336 e. The highest BCUT2D eigenvalue weighted by Crippen LogP contribution is 2.34. The van der Waals surface area contributed by atoms with Crippen LogP contribution in [0.15, 0.2) is 52.3 Å². The Morgan fingerprint density at radius 1 is 1.10 bits per heavy atom. The average Bonchev–Trinajstić information content (AvgIpc) is 2.40. The standard InChI is InChI=1S/C17H17FO2S/c1-17(2,3)11-7-9-12(10-8-11)21-15-13(16(19)20)5-4-6-14(15)18/h4-10H,1-3H3,(H,19,20). The first-order chi connectivity index (χ1) is 9.79. The molecule has 21 heavy (non-hydrogen) atoms. The number of hydrogen-bond acceptors (Lipinski definition) is 2. The van der Waals surface area contributed by atoms with Gasteiger partial charge in [0.25, 0.3) is 0 Å². The molecule has 4 heteroatoms. The van der Waals surface area contributed by atoms with Gasteiger partial charge in [0, 0.05) is 4.90 Å². The van der Waals surface area contributed by atoms with Crippen molar-refractivity contribution in [3.8, 4) is 0 Å². The lowest BCUT2D eigenvalue weighted by Crippen LogP contribution is -2.10. The van der Waals surface area contributed by atoms with Crippen LogP contribution in [0.4, 0.5) is 4.39 Å². The van der Waals surface area contributed by atoms with Crippen molar-refractivity contribution in [3.63, 3.8) is 0 Å². The predicted octanol–water partition coefficient (Wildman–Crippen LogP) is 4.97. The van der Waals surface area contributed by atoms with Gasteiger partial charge in [0.05, 0.1) is 10.5 Å². The summed E-state index contributed by atoms with van der Waals surface area (Å²) < 4.78 is 13.9. The number of carboxylic acids is 1. The Balaban J connectivity index is 2.33. The van der Waals surface area contributed by atoms with Gasteiger partial charge in [-0.1, -0.05) is 50.7 Å². The summed E-state index contributed by atoms with van der Waals surface area (Å²) in [5.74, 6) is -1.64. The van der Waals surface area contributed by atoms with Crippen LogP contribution in [-0.4, -0.2) is 11.1 Å². The second-order valence-electron chi connectivity index (χ2n) is 5.80. The van der Waals surface area contributed by atoms with Crippen LogP contribution in [0, 0.1) is 5.82 Å². The number of rotatable bonds is 3. The van der Waals surface area contributed by atoms with Gasteiger partial charge < -0.3 is 5.11 Å². The second kappa shape index (κ2) is 5.90. The third-order valence-corrected chi connectivity index (χ3v) is 4.26. The molecule has 2 rings (SSSR count). The van der Waals surface area contributed by atoms with E-state index in [1.807, 2.05) is 24.3 Å². The van der Waals surface area contributed by atoms with Crippen LogP contribution in [0.25, 0.3) is 0 Å². The maximum Gasteiger partial charge on any atom is 0.336 e. The van der Waals surface area contributed by atoms with Crippen molar-refractivity contribution in [1.82, 2.24) is 0 Å². The van der Waals surface area contributed by atoms with Crippen molar-refractivity contribution >= 4 is 17.7 Å². The summed E-state index contributed by atoms with van der Waals surface area (Å²) in [7, 11) is 0. The average molecular weight is 304 g/mol. The van der Waals surface area contributed by atoms with E-state index in [0.29, 0.717) is 0 Å². The highest BCUT2D eigenvalue weighted by atomic mass is 32.2. The molecule has 1 N–H and O–H groups in total. The van der Waals surface area contributed by atoms with E-state index in [-0.39, 0.29) is 15.9 Å². The molecule has 0 amide bonds. The Hall–Kier alpha value is -1.81. The van der Waals surface area contributed by atoms with E-state index in [4.69, 9.17) is 5.11 Å². The highest BCUT2D eigenvalue weighted by Gasteiger charge is 2.17. The second-order valence-corrected chi connectivity index (χ2v) is 6.88. The molecule has 0 bridgehead atoms. The monoisotopic (exact) mass is 304 g/mol. The van der Waals surface area contributed by atoms with Crippen molar-refractivity contribution in [3.05, 3.63) is 59.4 Å². The molecule has 0 aliphatic rings. The lowest BCUT2D eigenvalue weighted by Gasteiger charge is -2.19. The van der Waals surface area contributed by atoms with Gasteiger partial charge in [-0.2, -0.15) is 0 Å². The van der Waals surface area contributed by atoms with E-state index in [0.717, 1.165) is 16.7 Å². The van der Waals surface area contributed by atoms with Gasteiger partial charge in [0.2, 0.25) is 0 Å². The molecule has 0 saturated carbocycles. The fourth-order valence-electron chi connectivity index (χ4n) is 1.92. The van der Waals surface area contributed by atoms with Crippen molar-refractivity contribution in [1.29, 1.82) is 0 Å². The molecule has 0 aromatic heterocycles. The fraction of sp³-hybridized carbons (Fsp3) is 0.235. The number of hydrogen-bond donors (Lipinski definition) is 1. The molecular weight excluding hydrogens is 287 g/mol. The molecular formula is C17H17FO2S. The van der Waals surface area contributed by atoms with Crippen LogP contribution >= 0.6 is 11.8 Å². The quantitative estimate of drug-likeness (QED) is 0.869. The van der Waals surface area contributed by atoms with Crippen LogP contribution in [0.2, 0.25) is 0 Å². The molecule has 0 atom stereocenters. The molecule has 0 radical (unpaired) electrons. The summed E-state index contributed by atoms with van der Waals surface area (Å²) in [6.07, 6.45) is 0. The van der Waals surface area contributed by atoms with E-state index in [9.17, 15) is 9.18 Å². The third kappa shape index (κ3) is 3.64. The molecule has 0 aliphatic carbocycles. The zero-order chi connectivity index (χ0) is 15.6. The lowest BCUT2D eigenvalue weighted by molar-refractivity contribution is 0.0692. The Labute approximate surface area is 128 Å². The SMILES string of the molecule is CC(C)(C)c1ccc(Sc2c(F)cccc2C(=O)O)cc1. The van der Waals surface area contributed by atoms with Gasteiger partial charge in [0.1, 0.15) is 5.82 Å². The lowest BCUT2D eigenvalue weighted by atomic mass is 9.87. The van der Waals surface area contributed by atoms with E-state index < -0.39 is 11.8 Å². The summed E-state index contributed by atoms with van der Waals surface area (Å²) in [6, 6.07) is 11.9. The molecule has 0 fully saturated rings. The van der Waals surface area contributed by atoms with Crippen LogP contribution < -0.4 is 0 Å². The molecule has 110 valence electrons. The van der Waals surface area contributed by atoms with E-state index in [1.54, 1.807) is 0 Å². The summed E-state index contributed by atoms with van der Waals surface area (Å²) in [5, 5.41) is 9.14. The first-order valence-corrected chi connectivity index (χ1v) is 7.41. The maximum absolute atomic E-state index is 13.9. The van der Waals surface area contributed by atoms with Gasteiger partial charge in [-0.15, -0.1) is 0 Å². The Morgan fingerprint density at radius 2 is 1.71 bits per heavy atom. The van der Waals surface area contributed by atoms with E-state index in [1.165, 1.54) is 23.8 Å². The number of halogens is 1. The van der Waals surface area contributed by atoms with Gasteiger partial charge in [-0.05, 0) is 35.2 Å². The normalized spacial score (nSPS) is 11.4. The minimum absolute atomic E-state index is 0.0140. The van der Waals surface area contributed by atoms with Crippen molar-refractivity contribution in [2.75, 3.05) is 0 Å². The first-order valence-electron chi connectivity index (χ1n) is 6.59. The topological polar surface area (TPSA) is 37.3 Å². The van der Waals surface area contributed by atoms with Crippen LogP contribution in [0.1, 0.15) is 36.7 Å². The molecule has 2 nitrogen and oxygen atoms in total. The molecule has 0 heterocycles. The fourth-order valence-corrected chi connectivity index (χ4v) is 2.86. The number of benzene rings is 2. The van der Waals surface area contributed by atoms with E-state index >= 15 is 0 Å². The number of carboxylic acid groups (broad SMARTS) is 1. The van der Waals surface area contributed by atoms with Gasteiger partial charge in [0.15, 0.2) is 0 Å². The number of aromatic carboxylic acids is 1. The van der Waals surface area contributed by atoms with Gasteiger partial charge >= 0.3 is 5.97 Å². The molecule has 0 spiro atoms. The minimum atomic E-state index is -1.12. The Kier molecular flexibility index (Phi) is 4.37. The highest BCUT2D eigenvalue weighted by molar-refractivity contribution is 7.99. The molecule has 0 aliphatic heterocycles. The summed E-state index contributed by atoms with van der Waals surface area (Å²) in [4.78, 5) is 12.1. The van der Waals surface area contributed by atoms with Crippen molar-refractivity contribution in [2.45, 2.75) is 36.0 Å². The summed E-state index contributed by atoms with van der Waals surface area (Å²) in [6.45, 7) is 6.36. The van der Waals surface area contributed by atoms with Crippen molar-refractivity contribution in [2.24, 2.45) is 0 Å². The minimum Gasteiger partial charge on any atom is -0.478 e. The van der Waals surface area contributed by atoms with Crippen LogP contribution in [0.5, 0.6) is 0 Å².